The second kappa shape index (κ2) is 11.8. The van der Waals surface area contributed by atoms with E-state index in [4.69, 9.17) is 4.74 Å². The van der Waals surface area contributed by atoms with Crippen molar-refractivity contribution in [3.05, 3.63) is 101 Å². The standard InChI is InChI=1S/C26H26F4N2O3/c1-35-22-9-5-8-18(10-22)15-31-16-24(33)23(11-17-6-3-2-4-7-17)32-25(34)19-12-20(26(28,29)30)14-21(27)13-19/h2-10,12-14,23-24,31,33H,11,15-16H2,1H3,(H,32,34). The van der Waals surface area contributed by atoms with Crippen LogP contribution in [0.15, 0.2) is 72.8 Å². The van der Waals surface area contributed by atoms with E-state index in [-0.39, 0.29) is 13.0 Å². The molecule has 0 fully saturated rings. The first-order chi connectivity index (χ1) is 16.7. The lowest BCUT2D eigenvalue weighted by Crippen LogP contribution is -2.48. The average Bonchev–Trinajstić information content (AvgIpc) is 2.83. The molecule has 3 N–H and O–H groups in total. The molecule has 5 nitrogen and oxygen atoms in total. The van der Waals surface area contributed by atoms with Crippen molar-refractivity contribution >= 4 is 5.91 Å². The zero-order chi connectivity index (χ0) is 25.4. The number of ether oxygens (including phenoxy) is 1. The molecule has 0 saturated carbocycles. The lowest BCUT2D eigenvalue weighted by atomic mass is 10.00. The first-order valence-corrected chi connectivity index (χ1v) is 10.9. The fourth-order valence-electron chi connectivity index (χ4n) is 3.58. The lowest BCUT2D eigenvalue weighted by Gasteiger charge is -2.25. The Hall–Kier alpha value is -3.43. The summed E-state index contributed by atoms with van der Waals surface area (Å²) in [6.07, 6.45) is -5.67. The number of aliphatic hydroxyl groups excluding tert-OH is 1. The van der Waals surface area contributed by atoms with Gasteiger partial charge in [-0.1, -0.05) is 42.5 Å². The zero-order valence-corrected chi connectivity index (χ0v) is 19.0. The fraction of sp³-hybridized carbons (Fsp3) is 0.269. The second-order valence-corrected chi connectivity index (χ2v) is 8.05. The van der Waals surface area contributed by atoms with Crippen LogP contribution in [0.25, 0.3) is 0 Å². The highest BCUT2D eigenvalue weighted by atomic mass is 19.4. The first-order valence-electron chi connectivity index (χ1n) is 10.9. The van der Waals surface area contributed by atoms with Gasteiger partial charge in [-0.2, -0.15) is 13.2 Å². The predicted octanol–water partition coefficient (Wildman–Crippen LogP) is 4.34. The van der Waals surface area contributed by atoms with Gasteiger partial charge in [-0.25, -0.2) is 4.39 Å². The Balaban J connectivity index is 1.72. The topological polar surface area (TPSA) is 70.6 Å². The summed E-state index contributed by atoms with van der Waals surface area (Å²) in [7, 11) is 1.56. The third kappa shape index (κ3) is 7.80. The van der Waals surface area contributed by atoms with E-state index in [9.17, 15) is 27.5 Å². The molecule has 3 rings (SSSR count). The molecule has 1 amide bonds. The maximum absolute atomic E-state index is 13.8. The summed E-state index contributed by atoms with van der Waals surface area (Å²) in [6.45, 7) is 0.505. The Morgan fingerprint density at radius 3 is 2.40 bits per heavy atom. The van der Waals surface area contributed by atoms with Crippen molar-refractivity contribution in [2.45, 2.75) is 31.3 Å². The molecule has 0 spiro atoms. The fourth-order valence-corrected chi connectivity index (χ4v) is 3.58. The van der Waals surface area contributed by atoms with Crippen molar-refractivity contribution in [1.82, 2.24) is 10.6 Å². The number of amides is 1. The summed E-state index contributed by atoms with van der Waals surface area (Å²) in [4.78, 5) is 12.8. The van der Waals surface area contributed by atoms with Crippen LogP contribution in [-0.4, -0.2) is 36.8 Å². The number of methoxy groups -OCH3 is 1. The van der Waals surface area contributed by atoms with Crippen LogP contribution in [0.2, 0.25) is 0 Å². The van der Waals surface area contributed by atoms with Gasteiger partial charge in [0, 0.05) is 18.7 Å². The Kier molecular flexibility index (Phi) is 8.84. The molecule has 3 aromatic rings. The molecule has 35 heavy (non-hydrogen) atoms. The highest BCUT2D eigenvalue weighted by Crippen LogP contribution is 2.30. The Labute approximate surface area is 200 Å². The highest BCUT2D eigenvalue weighted by molar-refractivity contribution is 5.94. The molecule has 9 heteroatoms. The summed E-state index contributed by atoms with van der Waals surface area (Å²) in [5, 5.41) is 16.5. The van der Waals surface area contributed by atoms with E-state index in [1.165, 1.54) is 0 Å². The van der Waals surface area contributed by atoms with Crippen LogP contribution in [-0.2, 0) is 19.1 Å². The number of nitrogens with one attached hydrogen (secondary N) is 2. The molecule has 2 unspecified atom stereocenters. The lowest BCUT2D eigenvalue weighted by molar-refractivity contribution is -0.137. The van der Waals surface area contributed by atoms with Gasteiger partial charge in [0.1, 0.15) is 11.6 Å². The molecule has 0 aliphatic heterocycles. The molecule has 0 aliphatic carbocycles. The molecule has 0 bridgehead atoms. The van der Waals surface area contributed by atoms with Gasteiger partial charge < -0.3 is 20.5 Å². The van der Waals surface area contributed by atoms with Gasteiger partial charge in [0.15, 0.2) is 0 Å². The Bertz CT molecular complexity index is 1120. The molecule has 2 atom stereocenters. The SMILES string of the molecule is COc1cccc(CNCC(O)C(Cc2ccccc2)NC(=O)c2cc(F)cc(C(F)(F)F)c2)c1. The van der Waals surface area contributed by atoms with Crippen LogP contribution >= 0.6 is 0 Å². The minimum absolute atomic E-state index is 0.0892. The highest BCUT2D eigenvalue weighted by Gasteiger charge is 2.32. The second-order valence-electron chi connectivity index (χ2n) is 8.05. The van der Waals surface area contributed by atoms with Crippen LogP contribution in [0.1, 0.15) is 27.0 Å². The number of hydrogen-bond donors (Lipinski definition) is 3. The van der Waals surface area contributed by atoms with Crippen LogP contribution in [0.4, 0.5) is 17.6 Å². The van der Waals surface area contributed by atoms with Gasteiger partial charge in [0.05, 0.1) is 24.8 Å². The minimum Gasteiger partial charge on any atom is -0.497 e. The first kappa shape index (κ1) is 26.2. The van der Waals surface area contributed by atoms with E-state index in [0.717, 1.165) is 17.2 Å². The van der Waals surface area contributed by atoms with E-state index in [0.29, 0.717) is 24.4 Å². The van der Waals surface area contributed by atoms with Gasteiger partial charge in [-0.05, 0) is 47.9 Å². The Morgan fingerprint density at radius 1 is 1.00 bits per heavy atom. The van der Waals surface area contributed by atoms with Gasteiger partial charge in [-0.3, -0.25) is 4.79 Å². The van der Waals surface area contributed by atoms with Crippen LogP contribution in [0.3, 0.4) is 0 Å². The smallest absolute Gasteiger partial charge is 0.416 e. The molecule has 0 aromatic heterocycles. The summed E-state index contributed by atoms with van der Waals surface area (Å²) < 4.78 is 58.2. The van der Waals surface area contributed by atoms with E-state index >= 15 is 0 Å². The third-order valence-electron chi connectivity index (χ3n) is 5.38. The maximum Gasteiger partial charge on any atom is 0.416 e. The van der Waals surface area contributed by atoms with Gasteiger partial charge in [-0.15, -0.1) is 0 Å². The number of benzene rings is 3. The minimum atomic E-state index is -4.80. The number of alkyl halides is 3. The summed E-state index contributed by atoms with van der Waals surface area (Å²) in [6, 6.07) is 17.2. The average molecular weight is 490 g/mol. The molecular formula is C26H26F4N2O3. The van der Waals surface area contributed by atoms with Gasteiger partial charge >= 0.3 is 6.18 Å². The van der Waals surface area contributed by atoms with Crippen molar-refractivity contribution in [2.75, 3.05) is 13.7 Å². The molecule has 0 heterocycles. The molecular weight excluding hydrogens is 464 g/mol. The molecule has 3 aromatic carbocycles. The van der Waals surface area contributed by atoms with Crippen LogP contribution < -0.4 is 15.4 Å². The summed E-state index contributed by atoms with van der Waals surface area (Å²) in [5.41, 5.74) is -0.0193. The van der Waals surface area contributed by atoms with E-state index < -0.39 is 41.2 Å². The Morgan fingerprint density at radius 2 is 1.71 bits per heavy atom. The van der Waals surface area contributed by atoms with E-state index in [1.54, 1.807) is 37.4 Å². The number of carbonyl (C=O) groups is 1. The number of halogens is 4. The third-order valence-corrected chi connectivity index (χ3v) is 5.38. The van der Waals surface area contributed by atoms with Gasteiger partial charge in [0.2, 0.25) is 0 Å². The summed E-state index contributed by atoms with van der Waals surface area (Å²) in [5.74, 6) is -1.40. The molecule has 0 radical (unpaired) electrons. The summed E-state index contributed by atoms with van der Waals surface area (Å²) >= 11 is 0. The van der Waals surface area contributed by atoms with E-state index in [2.05, 4.69) is 10.6 Å². The van der Waals surface area contributed by atoms with Crippen LogP contribution in [0.5, 0.6) is 5.75 Å². The van der Waals surface area contributed by atoms with E-state index in [1.807, 2.05) is 24.3 Å². The van der Waals surface area contributed by atoms with Crippen LogP contribution in [0, 0.1) is 5.82 Å². The quantitative estimate of drug-likeness (QED) is 0.370. The zero-order valence-electron chi connectivity index (χ0n) is 19.0. The molecule has 0 aliphatic rings. The maximum atomic E-state index is 13.8. The van der Waals surface area contributed by atoms with Crippen molar-refractivity contribution in [3.63, 3.8) is 0 Å². The van der Waals surface area contributed by atoms with Crippen molar-refractivity contribution in [2.24, 2.45) is 0 Å². The predicted molar refractivity (Wildman–Crippen MR) is 124 cm³/mol. The van der Waals surface area contributed by atoms with Crippen molar-refractivity contribution in [1.29, 1.82) is 0 Å². The monoisotopic (exact) mass is 490 g/mol. The van der Waals surface area contributed by atoms with Gasteiger partial charge in [0.25, 0.3) is 5.91 Å². The molecule has 0 saturated heterocycles. The largest absolute Gasteiger partial charge is 0.497 e. The van der Waals surface area contributed by atoms with Crippen molar-refractivity contribution in [3.8, 4) is 5.75 Å². The normalized spacial score (nSPS) is 13.2. The molecule has 186 valence electrons. The van der Waals surface area contributed by atoms with Crippen molar-refractivity contribution < 1.29 is 32.2 Å². The number of hydrogen-bond acceptors (Lipinski definition) is 4. The number of aliphatic hydroxyl groups is 1. The number of carbonyl (C=O) groups excluding carboxylic acids is 1. The number of rotatable bonds is 10.